The molecule has 0 saturated carbocycles. The molecule has 1 aromatic heterocycles. The number of fused-ring (bicyclic) bond motifs is 1. The van der Waals surface area contributed by atoms with Gasteiger partial charge in [-0.3, -0.25) is 4.98 Å². The lowest BCUT2D eigenvalue weighted by Crippen LogP contribution is -2.24. The monoisotopic (exact) mass is 254 g/mol. The molecule has 2 N–H and O–H groups in total. The molecular weight excluding hydrogens is 236 g/mol. The third kappa shape index (κ3) is 2.22. The van der Waals surface area contributed by atoms with Gasteiger partial charge < -0.3 is 10.5 Å². The summed E-state index contributed by atoms with van der Waals surface area (Å²) in [6, 6.07) is 10.5. The van der Waals surface area contributed by atoms with Crippen molar-refractivity contribution in [2.45, 2.75) is 26.4 Å². The first kappa shape index (κ1) is 12.2. The van der Waals surface area contributed by atoms with E-state index >= 15 is 0 Å². The molecule has 1 atom stereocenters. The fourth-order valence-corrected chi connectivity index (χ4v) is 2.69. The first-order valence-corrected chi connectivity index (χ1v) is 6.61. The van der Waals surface area contributed by atoms with Crippen molar-refractivity contribution >= 4 is 0 Å². The average molecular weight is 254 g/mol. The summed E-state index contributed by atoms with van der Waals surface area (Å²) in [6.45, 7) is 4.59. The minimum Gasteiger partial charge on any atom is -0.488 e. The van der Waals surface area contributed by atoms with E-state index in [9.17, 15) is 0 Å². The van der Waals surface area contributed by atoms with Gasteiger partial charge in [-0.2, -0.15) is 0 Å². The molecule has 19 heavy (non-hydrogen) atoms. The van der Waals surface area contributed by atoms with E-state index in [2.05, 4.69) is 35.3 Å². The summed E-state index contributed by atoms with van der Waals surface area (Å²) in [5, 5.41) is 0. The van der Waals surface area contributed by atoms with Gasteiger partial charge in [-0.25, -0.2) is 0 Å². The SMILES string of the molecule is Cc1cc(-c2cccc3c2OC(CN)C3)cc(C)n1. The standard InChI is InChI=1S/C16H18N2O/c1-10-6-13(7-11(2)18-10)15-5-3-4-12-8-14(9-17)19-16(12)15/h3-7,14H,8-9,17H2,1-2H3. The maximum Gasteiger partial charge on any atom is 0.130 e. The highest BCUT2D eigenvalue weighted by Crippen LogP contribution is 2.38. The summed E-state index contributed by atoms with van der Waals surface area (Å²) in [5.74, 6) is 0.989. The highest BCUT2D eigenvalue weighted by Gasteiger charge is 2.24. The highest BCUT2D eigenvalue weighted by molar-refractivity contribution is 5.73. The summed E-state index contributed by atoms with van der Waals surface area (Å²) < 4.78 is 5.98. The molecule has 1 aliphatic rings. The third-order valence-electron chi connectivity index (χ3n) is 3.48. The second kappa shape index (κ2) is 4.67. The lowest BCUT2D eigenvalue weighted by Gasteiger charge is -2.11. The van der Waals surface area contributed by atoms with Crippen molar-refractivity contribution in [1.82, 2.24) is 4.98 Å². The quantitative estimate of drug-likeness (QED) is 0.896. The van der Waals surface area contributed by atoms with Crippen molar-refractivity contribution in [3.8, 4) is 16.9 Å². The van der Waals surface area contributed by atoms with E-state index in [4.69, 9.17) is 10.5 Å². The second-order valence-electron chi connectivity index (χ2n) is 5.11. The fourth-order valence-electron chi connectivity index (χ4n) is 2.69. The zero-order valence-corrected chi connectivity index (χ0v) is 11.3. The molecule has 98 valence electrons. The molecule has 0 spiro atoms. The van der Waals surface area contributed by atoms with E-state index in [1.807, 2.05) is 13.8 Å². The molecule has 2 heterocycles. The van der Waals surface area contributed by atoms with Crippen LogP contribution in [-0.2, 0) is 6.42 Å². The molecule has 1 unspecified atom stereocenters. The van der Waals surface area contributed by atoms with E-state index in [0.717, 1.165) is 29.1 Å². The number of rotatable bonds is 2. The van der Waals surface area contributed by atoms with Gasteiger partial charge in [-0.15, -0.1) is 0 Å². The summed E-state index contributed by atoms with van der Waals surface area (Å²) in [7, 11) is 0. The van der Waals surface area contributed by atoms with Crippen LogP contribution in [0.5, 0.6) is 5.75 Å². The Kier molecular flexibility index (Phi) is 2.99. The Bertz CT molecular complexity index is 602. The smallest absolute Gasteiger partial charge is 0.130 e. The van der Waals surface area contributed by atoms with Crippen LogP contribution in [0.3, 0.4) is 0 Å². The number of para-hydroxylation sites is 1. The Morgan fingerprint density at radius 2 is 2.00 bits per heavy atom. The number of pyridine rings is 1. The molecule has 3 rings (SSSR count). The van der Waals surface area contributed by atoms with Crippen LogP contribution in [-0.4, -0.2) is 17.6 Å². The molecule has 0 bridgehead atoms. The van der Waals surface area contributed by atoms with E-state index in [1.54, 1.807) is 0 Å². The van der Waals surface area contributed by atoms with Crippen LogP contribution in [0.25, 0.3) is 11.1 Å². The van der Waals surface area contributed by atoms with Crippen molar-refractivity contribution in [2.75, 3.05) is 6.54 Å². The van der Waals surface area contributed by atoms with Crippen LogP contribution in [0.15, 0.2) is 30.3 Å². The molecule has 3 nitrogen and oxygen atoms in total. The van der Waals surface area contributed by atoms with Crippen LogP contribution in [0, 0.1) is 13.8 Å². The van der Waals surface area contributed by atoms with E-state index in [-0.39, 0.29) is 6.10 Å². The minimum atomic E-state index is 0.111. The number of ether oxygens (including phenoxy) is 1. The maximum absolute atomic E-state index is 5.98. The normalized spacial score (nSPS) is 17.1. The summed E-state index contributed by atoms with van der Waals surface area (Å²) in [6.07, 6.45) is 1.02. The van der Waals surface area contributed by atoms with Crippen LogP contribution >= 0.6 is 0 Å². The second-order valence-corrected chi connectivity index (χ2v) is 5.11. The van der Waals surface area contributed by atoms with Crippen LogP contribution < -0.4 is 10.5 Å². The predicted molar refractivity (Wildman–Crippen MR) is 76.3 cm³/mol. The molecule has 0 saturated heterocycles. The Labute approximate surface area is 113 Å². The van der Waals surface area contributed by atoms with Gasteiger partial charge in [0.1, 0.15) is 11.9 Å². The van der Waals surface area contributed by atoms with Crippen LogP contribution in [0.1, 0.15) is 17.0 Å². The Morgan fingerprint density at radius 1 is 1.26 bits per heavy atom. The number of nitrogens with zero attached hydrogens (tertiary/aromatic N) is 1. The van der Waals surface area contributed by atoms with Gasteiger partial charge in [0.05, 0.1) is 0 Å². The Morgan fingerprint density at radius 3 is 2.68 bits per heavy atom. The zero-order chi connectivity index (χ0) is 13.4. The van der Waals surface area contributed by atoms with Gasteiger partial charge >= 0.3 is 0 Å². The number of aromatic nitrogens is 1. The lowest BCUT2D eigenvalue weighted by atomic mass is 10.00. The molecule has 0 radical (unpaired) electrons. The van der Waals surface area contributed by atoms with Crippen LogP contribution in [0.2, 0.25) is 0 Å². The summed E-state index contributed by atoms with van der Waals surface area (Å²) >= 11 is 0. The lowest BCUT2D eigenvalue weighted by molar-refractivity contribution is 0.242. The van der Waals surface area contributed by atoms with E-state index in [1.165, 1.54) is 11.1 Å². The summed E-state index contributed by atoms with van der Waals surface area (Å²) in [5.41, 5.74) is 11.3. The maximum atomic E-state index is 5.98. The number of hydrogen-bond acceptors (Lipinski definition) is 3. The minimum absolute atomic E-state index is 0.111. The summed E-state index contributed by atoms with van der Waals surface area (Å²) in [4.78, 5) is 4.42. The molecule has 3 heteroatoms. The molecular formula is C16H18N2O. The third-order valence-corrected chi connectivity index (χ3v) is 3.48. The van der Waals surface area contributed by atoms with Crippen molar-refractivity contribution in [3.63, 3.8) is 0 Å². The highest BCUT2D eigenvalue weighted by atomic mass is 16.5. The number of benzene rings is 1. The molecule has 0 fully saturated rings. The van der Waals surface area contributed by atoms with Gasteiger partial charge in [-0.05, 0) is 37.1 Å². The van der Waals surface area contributed by atoms with Gasteiger partial charge in [0.25, 0.3) is 0 Å². The molecule has 2 aromatic rings. The Hall–Kier alpha value is -1.87. The molecule has 0 amide bonds. The topological polar surface area (TPSA) is 48.1 Å². The molecule has 0 aliphatic carbocycles. The average Bonchev–Trinajstić information content (AvgIpc) is 2.80. The van der Waals surface area contributed by atoms with Crippen molar-refractivity contribution in [1.29, 1.82) is 0 Å². The van der Waals surface area contributed by atoms with Crippen molar-refractivity contribution < 1.29 is 4.74 Å². The van der Waals surface area contributed by atoms with Gasteiger partial charge in [0, 0.05) is 29.9 Å². The van der Waals surface area contributed by atoms with E-state index in [0.29, 0.717) is 6.54 Å². The molecule has 1 aromatic carbocycles. The van der Waals surface area contributed by atoms with Gasteiger partial charge in [0.15, 0.2) is 0 Å². The van der Waals surface area contributed by atoms with Gasteiger partial charge in [0.2, 0.25) is 0 Å². The van der Waals surface area contributed by atoms with Gasteiger partial charge in [-0.1, -0.05) is 18.2 Å². The largest absolute Gasteiger partial charge is 0.488 e. The number of aryl methyl sites for hydroxylation is 2. The first-order chi connectivity index (χ1) is 9.17. The predicted octanol–water partition coefficient (Wildman–Crippen LogP) is 2.63. The van der Waals surface area contributed by atoms with Crippen molar-refractivity contribution in [2.24, 2.45) is 5.73 Å². The number of nitrogens with two attached hydrogens (primary N) is 1. The van der Waals surface area contributed by atoms with Crippen LogP contribution in [0.4, 0.5) is 0 Å². The Balaban J connectivity index is 2.10. The number of hydrogen-bond donors (Lipinski definition) is 1. The van der Waals surface area contributed by atoms with Crippen molar-refractivity contribution in [3.05, 3.63) is 47.3 Å². The van der Waals surface area contributed by atoms with E-state index < -0.39 is 0 Å². The zero-order valence-electron chi connectivity index (χ0n) is 11.3. The molecule has 1 aliphatic heterocycles. The first-order valence-electron chi connectivity index (χ1n) is 6.61. The fraction of sp³-hybridized carbons (Fsp3) is 0.312.